The Morgan fingerprint density at radius 2 is 1.68 bits per heavy atom. The van der Waals surface area contributed by atoms with Gasteiger partial charge in [0.15, 0.2) is 0 Å². The van der Waals surface area contributed by atoms with Gasteiger partial charge in [0, 0.05) is 5.56 Å². The van der Waals surface area contributed by atoms with Crippen molar-refractivity contribution in [2.75, 3.05) is 12.4 Å². The van der Waals surface area contributed by atoms with Gasteiger partial charge in [-0.05, 0) is 65.9 Å². The van der Waals surface area contributed by atoms with Crippen LogP contribution in [-0.4, -0.2) is 24.1 Å². The highest BCUT2D eigenvalue weighted by Crippen LogP contribution is 2.23. The summed E-state index contributed by atoms with van der Waals surface area (Å²) in [6.07, 6.45) is 4.48. The summed E-state index contributed by atoms with van der Waals surface area (Å²) >= 11 is 0. The molecule has 0 bridgehead atoms. The number of anilines is 1. The minimum atomic E-state index is -1.10. The van der Waals surface area contributed by atoms with Crippen molar-refractivity contribution in [3.05, 3.63) is 94.0 Å². The molecular weight excluding hydrogens is 390 g/mol. The number of hydrogen-bond donors (Lipinski definition) is 2. The Balaban J connectivity index is 1.92. The summed E-state index contributed by atoms with van der Waals surface area (Å²) in [6.45, 7) is 3.95. The largest absolute Gasteiger partial charge is 0.497 e. The number of methoxy groups -OCH3 is 1. The molecule has 0 unspecified atom stereocenters. The van der Waals surface area contributed by atoms with Crippen molar-refractivity contribution < 1.29 is 19.4 Å². The third kappa shape index (κ3) is 5.20. The van der Waals surface area contributed by atoms with Crippen molar-refractivity contribution in [2.24, 2.45) is 0 Å². The fraction of sp³-hybridized carbons (Fsp3) is 0.154. The topological polar surface area (TPSA) is 75.6 Å². The van der Waals surface area contributed by atoms with Crippen LogP contribution >= 0.6 is 0 Å². The predicted molar refractivity (Wildman–Crippen MR) is 124 cm³/mol. The number of carbonyl (C=O) groups is 2. The van der Waals surface area contributed by atoms with Crippen LogP contribution in [0.15, 0.2) is 60.7 Å². The number of carboxylic acid groups (broad SMARTS) is 1. The smallest absolute Gasteiger partial charge is 0.337 e. The molecule has 0 aliphatic heterocycles. The molecule has 0 saturated heterocycles. The minimum absolute atomic E-state index is 0.0394. The first-order chi connectivity index (χ1) is 14.9. The number of rotatable bonds is 7. The highest BCUT2D eigenvalue weighted by Gasteiger charge is 2.16. The maximum Gasteiger partial charge on any atom is 0.337 e. The molecule has 5 nitrogen and oxygen atoms in total. The number of amides is 1. The molecule has 0 fully saturated rings. The molecule has 3 rings (SSSR count). The van der Waals surface area contributed by atoms with Crippen molar-refractivity contribution in [1.29, 1.82) is 0 Å². The van der Waals surface area contributed by atoms with E-state index in [1.165, 1.54) is 6.07 Å². The Labute approximate surface area is 182 Å². The molecule has 0 saturated carbocycles. The molecule has 0 aliphatic carbocycles. The average Bonchev–Trinajstić information content (AvgIpc) is 2.77. The summed E-state index contributed by atoms with van der Waals surface area (Å²) in [5.74, 6) is -0.670. The molecule has 1 amide bonds. The maximum absolute atomic E-state index is 12.9. The minimum Gasteiger partial charge on any atom is -0.497 e. The van der Waals surface area contributed by atoms with Gasteiger partial charge in [-0.15, -0.1) is 0 Å². The molecule has 2 N–H and O–H groups in total. The van der Waals surface area contributed by atoms with Crippen LogP contribution < -0.4 is 10.1 Å². The highest BCUT2D eigenvalue weighted by atomic mass is 16.5. The van der Waals surface area contributed by atoms with E-state index in [4.69, 9.17) is 4.74 Å². The van der Waals surface area contributed by atoms with Crippen molar-refractivity contribution in [1.82, 2.24) is 0 Å². The van der Waals surface area contributed by atoms with Crippen molar-refractivity contribution >= 4 is 29.7 Å². The third-order valence-electron chi connectivity index (χ3n) is 5.09. The Morgan fingerprint density at radius 1 is 0.968 bits per heavy atom. The van der Waals surface area contributed by atoms with Crippen LogP contribution in [0.3, 0.4) is 0 Å². The summed E-state index contributed by atoms with van der Waals surface area (Å²) in [4.78, 5) is 24.6. The SMILES string of the molecule is CCc1c(C)cccc1C(=O)Nc1cc(/C=C/c2cccc(OC)c2)ccc1C(=O)O. The first kappa shape index (κ1) is 21.8. The van der Waals surface area contributed by atoms with E-state index in [1.54, 1.807) is 25.3 Å². The lowest BCUT2D eigenvalue weighted by Crippen LogP contribution is -2.17. The van der Waals surface area contributed by atoms with Gasteiger partial charge in [-0.25, -0.2) is 4.79 Å². The molecule has 158 valence electrons. The monoisotopic (exact) mass is 415 g/mol. The molecule has 0 heterocycles. The summed E-state index contributed by atoms with van der Waals surface area (Å²) < 4.78 is 5.23. The second kappa shape index (κ2) is 9.76. The molecule has 0 atom stereocenters. The number of aryl methyl sites for hydroxylation is 1. The van der Waals surface area contributed by atoms with Gasteiger partial charge in [0.25, 0.3) is 5.91 Å². The summed E-state index contributed by atoms with van der Waals surface area (Å²) in [5, 5.41) is 12.4. The van der Waals surface area contributed by atoms with E-state index in [0.717, 1.165) is 28.0 Å². The number of ether oxygens (including phenoxy) is 1. The van der Waals surface area contributed by atoms with Gasteiger partial charge < -0.3 is 15.2 Å². The number of carboxylic acids is 1. The van der Waals surface area contributed by atoms with E-state index in [2.05, 4.69) is 5.32 Å². The van der Waals surface area contributed by atoms with Crippen LogP contribution in [0.5, 0.6) is 5.75 Å². The fourth-order valence-electron chi connectivity index (χ4n) is 3.47. The van der Waals surface area contributed by atoms with Crippen LogP contribution in [0, 0.1) is 6.92 Å². The molecule has 0 aromatic heterocycles. The Kier molecular flexibility index (Phi) is 6.88. The predicted octanol–water partition coefficient (Wildman–Crippen LogP) is 5.69. The second-order valence-electron chi connectivity index (χ2n) is 7.13. The van der Waals surface area contributed by atoms with Crippen molar-refractivity contribution in [3.63, 3.8) is 0 Å². The van der Waals surface area contributed by atoms with Crippen molar-refractivity contribution in [3.8, 4) is 5.75 Å². The van der Waals surface area contributed by atoms with Gasteiger partial charge in [0.1, 0.15) is 5.75 Å². The molecule has 0 radical (unpaired) electrons. The van der Waals surface area contributed by atoms with E-state index in [0.29, 0.717) is 12.0 Å². The normalized spacial score (nSPS) is 10.8. The van der Waals surface area contributed by atoms with E-state index >= 15 is 0 Å². The summed E-state index contributed by atoms with van der Waals surface area (Å²) in [7, 11) is 1.61. The Bertz CT molecular complexity index is 1150. The second-order valence-corrected chi connectivity index (χ2v) is 7.13. The number of benzene rings is 3. The van der Waals surface area contributed by atoms with Crippen LogP contribution in [0.25, 0.3) is 12.2 Å². The zero-order valence-corrected chi connectivity index (χ0v) is 17.8. The molecule has 3 aromatic carbocycles. The lowest BCUT2D eigenvalue weighted by atomic mass is 9.99. The summed E-state index contributed by atoms with van der Waals surface area (Å²) in [6, 6.07) is 18.0. The molecule has 0 aliphatic rings. The number of aromatic carboxylic acids is 1. The van der Waals surface area contributed by atoms with E-state index < -0.39 is 5.97 Å². The van der Waals surface area contributed by atoms with Crippen LogP contribution in [0.2, 0.25) is 0 Å². The van der Waals surface area contributed by atoms with Crippen LogP contribution in [0.4, 0.5) is 5.69 Å². The lowest BCUT2D eigenvalue weighted by molar-refractivity contribution is 0.0698. The molecule has 5 heteroatoms. The quantitative estimate of drug-likeness (QED) is 0.486. The van der Waals surface area contributed by atoms with Crippen LogP contribution in [0.1, 0.15) is 49.9 Å². The highest BCUT2D eigenvalue weighted by molar-refractivity contribution is 6.09. The fourth-order valence-corrected chi connectivity index (χ4v) is 3.47. The van der Waals surface area contributed by atoms with Gasteiger partial charge in [-0.3, -0.25) is 4.79 Å². The molecule has 0 spiro atoms. The van der Waals surface area contributed by atoms with E-state index in [9.17, 15) is 14.7 Å². The standard InChI is InChI=1S/C26H25NO4/c1-4-21-17(2)7-5-10-22(21)25(28)27-24-16-19(13-14-23(24)26(29)30)12-11-18-8-6-9-20(15-18)31-3/h5-16H,4H2,1-3H3,(H,27,28)(H,29,30)/b12-11+. The zero-order chi connectivity index (χ0) is 22.4. The van der Waals surface area contributed by atoms with Gasteiger partial charge in [0.2, 0.25) is 0 Å². The average molecular weight is 415 g/mol. The van der Waals surface area contributed by atoms with Crippen LogP contribution in [-0.2, 0) is 6.42 Å². The van der Waals surface area contributed by atoms with Gasteiger partial charge in [0.05, 0.1) is 18.4 Å². The number of carbonyl (C=O) groups excluding carboxylic acids is 1. The summed E-state index contributed by atoms with van der Waals surface area (Å²) in [5.41, 5.74) is 4.54. The Morgan fingerprint density at radius 3 is 2.35 bits per heavy atom. The maximum atomic E-state index is 12.9. The van der Waals surface area contributed by atoms with Gasteiger partial charge in [-0.1, -0.05) is 49.4 Å². The van der Waals surface area contributed by atoms with E-state index in [1.807, 2.05) is 62.4 Å². The third-order valence-corrected chi connectivity index (χ3v) is 5.09. The number of hydrogen-bond acceptors (Lipinski definition) is 3. The number of nitrogens with one attached hydrogen (secondary N) is 1. The zero-order valence-electron chi connectivity index (χ0n) is 17.8. The first-order valence-corrected chi connectivity index (χ1v) is 10.0. The van der Waals surface area contributed by atoms with Gasteiger partial charge in [-0.2, -0.15) is 0 Å². The molecule has 31 heavy (non-hydrogen) atoms. The molecular formula is C26H25NO4. The van der Waals surface area contributed by atoms with Gasteiger partial charge >= 0.3 is 5.97 Å². The van der Waals surface area contributed by atoms with Crippen molar-refractivity contribution in [2.45, 2.75) is 20.3 Å². The Hall–Kier alpha value is -3.86. The molecule has 3 aromatic rings. The first-order valence-electron chi connectivity index (χ1n) is 10.0. The van der Waals surface area contributed by atoms with E-state index in [-0.39, 0.29) is 17.2 Å². The lowest BCUT2D eigenvalue weighted by Gasteiger charge is -2.13.